The highest BCUT2D eigenvalue weighted by molar-refractivity contribution is 6.68. The second-order valence-corrected chi connectivity index (χ2v) is 4.42. The quantitative estimate of drug-likeness (QED) is 0.341. The molecule has 0 unspecified atom stereocenters. The van der Waals surface area contributed by atoms with Crippen LogP contribution in [0.25, 0.3) is 0 Å². The average Bonchev–Trinajstić information content (AvgIpc) is 2.54. The minimum Gasteiger partial charge on any atom is -0.410 e. The van der Waals surface area contributed by atoms with Crippen LogP contribution >= 0.6 is 0 Å². The number of pyridine rings is 1. The van der Waals surface area contributed by atoms with Gasteiger partial charge in [0, 0.05) is 5.69 Å². The van der Waals surface area contributed by atoms with E-state index in [4.69, 9.17) is 5.21 Å². The molecule has 0 aliphatic rings. The Morgan fingerprint density at radius 2 is 1.91 bits per heavy atom. The van der Waals surface area contributed by atoms with Crippen molar-refractivity contribution in [2.24, 2.45) is 10.3 Å². The van der Waals surface area contributed by atoms with E-state index in [1.54, 1.807) is 30.3 Å². The molecule has 1 aromatic heterocycles. The van der Waals surface area contributed by atoms with Gasteiger partial charge in [0.15, 0.2) is 5.71 Å². The van der Waals surface area contributed by atoms with E-state index in [-0.39, 0.29) is 17.2 Å². The molecule has 8 heteroatoms. The maximum Gasteiger partial charge on any atom is 0.279 e. The maximum absolute atomic E-state index is 13.0. The van der Waals surface area contributed by atoms with Crippen LogP contribution in [0.1, 0.15) is 6.92 Å². The topological polar surface area (TPSA) is 99.0 Å². The summed E-state index contributed by atoms with van der Waals surface area (Å²) in [5.41, 5.74) is 2.85. The molecule has 1 heterocycles. The number of para-hydroxylation sites is 1. The number of amides is 1. The van der Waals surface area contributed by atoms with E-state index >= 15 is 0 Å². The second-order valence-electron chi connectivity index (χ2n) is 4.42. The number of benzene rings is 1. The molecule has 0 aliphatic heterocycles. The third kappa shape index (κ3) is 4.60. The largest absolute Gasteiger partial charge is 0.410 e. The first kappa shape index (κ1) is 16.1. The first-order chi connectivity index (χ1) is 11.1. The number of hydrogen-bond acceptors (Lipinski definition) is 6. The van der Waals surface area contributed by atoms with Gasteiger partial charge in [-0.25, -0.2) is 4.98 Å². The van der Waals surface area contributed by atoms with Crippen LogP contribution in [0, 0.1) is 5.95 Å². The fourth-order valence-electron chi connectivity index (χ4n) is 1.66. The van der Waals surface area contributed by atoms with Gasteiger partial charge in [-0.15, -0.1) is 0 Å². The SMILES string of the molecule is CC(=N\Nc1cccc(F)n1)/C(=N\O)C(=O)Nc1ccccc1. The predicted octanol–water partition coefficient (Wildman–Crippen LogP) is 2.48. The van der Waals surface area contributed by atoms with Crippen molar-refractivity contribution in [2.75, 3.05) is 10.7 Å². The first-order valence-electron chi connectivity index (χ1n) is 6.62. The van der Waals surface area contributed by atoms with Gasteiger partial charge in [0.2, 0.25) is 5.95 Å². The number of aromatic nitrogens is 1. The number of hydrogen-bond donors (Lipinski definition) is 3. The summed E-state index contributed by atoms with van der Waals surface area (Å²) in [5, 5.41) is 18.4. The van der Waals surface area contributed by atoms with Crippen molar-refractivity contribution >= 4 is 28.8 Å². The Morgan fingerprint density at radius 1 is 1.17 bits per heavy atom. The zero-order valence-electron chi connectivity index (χ0n) is 12.2. The van der Waals surface area contributed by atoms with Gasteiger partial charge in [0.1, 0.15) is 5.82 Å². The van der Waals surface area contributed by atoms with E-state index in [2.05, 4.69) is 26.0 Å². The van der Waals surface area contributed by atoms with Gasteiger partial charge in [-0.3, -0.25) is 10.2 Å². The number of nitrogens with one attached hydrogen (secondary N) is 2. The molecule has 2 rings (SSSR count). The molecule has 23 heavy (non-hydrogen) atoms. The molecule has 1 amide bonds. The van der Waals surface area contributed by atoms with Crippen molar-refractivity contribution in [1.29, 1.82) is 0 Å². The van der Waals surface area contributed by atoms with Crippen molar-refractivity contribution in [2.45, 2.75) is 6.92 Å². The Kier molecular flexibility index (Phi) is 5.35. The standard InChI is InChI=1S/C15H14FN5O2/c1-10(19-20-13-9-5-8-12(16)18-13)14(21-23)15(22)17-11-6-3-2-4-7-11/h2-9,23H,1H3,(H,17,22)(H,18,20)/b19-10+,21-14+. The molecule has 7 nitrogen and oxygen atoms in total. The lowest BCUT2D eigenvalue weighted by molar-refractivity contribution is -0.110. The number of carbonyl (C=O) groups excluding carboxylic acids is 1. The van der Waals surface area contributed by atoms with E-state index in [1.807, 2.05) is 0 Å². The van der Waals surface area contributed by atoms with Gasteiger partial charge >= 0.3 is 0 Å². The van der Waals surface area contributed by atoms with Crippen LogP contribution < -0.4 is 10.7 Å². The fourth-order valence-corrected chi connectivity index (χ4v) is 1.66. The number of rotatable bonds is 5. The average molecular weight is 315 g/mol. The molecule has 118 valence electrons. The van der Waals surface area contributed by atoms with Crippen LogP contribution in [-0.4, -0.2) is 27.5 Å². The molecule has 0 fully saturated rings. The molecular weight excluding hydrogens is 301 g/mol. The molecule has 0 saturated heterocycles. The molecule has 0 atom stereocenters. The summed E-state index contributed by atoms with van der Waals surface area (Å²) >= 11 is 0. The number of oxime groups is 1. The highest BCUT2D eigenvalue weighted by Crippen LogP contribution is 2.06. The number of nitrogens with zero attached hydrogens (tertiary/aromatic N) is 3. The molecule has 3 N–H and O–H groups in total. The normalized spacial score (nSPS) is 11.9. The molecule has 1 aromatic carbocycles. The maximum atomic E-state index is 13.0. The van der Waals surface area contributed by atoms with Crippen molar-refractivity contribution in [3.63, 3.8) is 0 Å². The summed E-state index contributed by atoms with van der Waals surface area (Å²) in [5.74, 6) is -1.14. The van der Waals surface area contributed by atoms with Crippen molar-refractivity contribution < 1.29 is 14.4 Å². The highest BCUT2D eigenvalue weighted by Gasteiger charge is 2.16. The summed E-state index contributed by atoms with van der Waals surface area (Å²) in [6.45, 7) is 1.46. The summed E-state index contributed by atoms with van der Waals surface area (Å²) in [7, 11) is 0. The summed E-state index contributed by atoms with van der Waals surface area (Å²) in [6.07, 6.45) is 0. The predicted molar refractivity (Wildman–Crippen MR) is 85.2 cm³/mol. The van der Waals surface area contributed by atoms with E-state index in [1.165, 1.54) is 25.1 Å². The number of hydrazone groups is 1. The Labute approximate surface area is 131 Å². The Balaban J connectivity index is 2.07. The van der Waals surface area contributed by atoms with Gasteiger partial charge in [0.05, 0.1) is 5.71 Å². The lowest BCUT2D eigenvalue weighted by Crippen LogP contribution is -2.29. The van der Waals surface area contributed by atoms with E-state index in [9.17, 15) is 9.18 Å². The second kappa shape index (κ2) is 7.64. The molecule has 0 aliphatic carbocycles. The van der Waals surface area contributed by atoms with Crippen molar-refractivity contribution in [3.8, 4) is 0 Å². The summed E-state index contributed by atoms with van der Waals surface area (Å²) in [4.78, 5) is 15.6. The Morgan fingerprint density at radius 3 is 2.57 bits per heavy atom. The molecular formula is C15H14FN5O2. The van der Waals surface area contributed by atoms with E-state index in [0.717, 1.165) is 0 Å². The molecule has 0 bridgehead atoms. The minimum atomic E-state index is -0.666. The zero-order valence-corrected chi connectivity index (χ0v) is 12.2. The van der Waals surface area contributed by atoms with Crippen LogP contribution in [0.4, 0.5) is 15.9 Å². The minimum absolute atomic E-state index is 0.104. The molecule has 0 radical (unpaired) electrons. The van der Waals surface area contributed by atoms with Gasteiger partial charge in [-0.1, -0.05) is 29.4 Å². The smallest absolute Gasteiger partial charge is 0.279 e. The molecule has 0 saturated carbocycles. The summed E-state index contributed by atoms with van der Waals surface area (Å²) < 4.78 is 13.0. The Bertz CT molecular complexity index is 747. The van der Waals surface area contributed by atoms with Crippen LogP contribution in [0.15, 0.2) is 58.8 Å². The van der Waals surface area contributed by atoms with E-state index < -0.39 is 11.9 Å². The van der Waals surface area contributed by atoms with Crippen molar-refractivity contribution in [3.05, 3.63) is 54.5 Å². The molecule has 2 aromatic rings. The lowest BCUT2D eigenvalue weighted by atomic mass is 10.2. The first-order valence-corrected chi connectivity index (χ1v) is 6.62. The molecule has 0 spiro atoms. The van der Waals surface area contributed by atoms with Crippen LogP contribution in [0.3, 0.4) is 0 Å². The third-order valence-corrected chi connectivity index (χ3v) is 2.74. The number of anilines is 2. The van der Waals surface area contributed by atoms with Gasteiger partial charge < -0.3 is 10.5 Å². The van der Waals surface area contributed by atoms with Gasteiger partial charge in [0.25, 0.3) is 5.91 Å². The van der Waals surface area contributed by atoms with Gasteiger partial charge in [-0.2, -0.15) is 9.49 Å². The monoisotopic (exact) mass is 315 g/mol. The number of carbonyl (C=O) groups is 1. The Hall–Kier alpha value is -3.29. The lowest BCUT2D eigenvalue weighted by Gasteiger charge is -2.07. The van der Waals surface area contributed by atoms with E-state index in [0.29, 0.717) is 5.69 Å². The van der Waals surface area contributed by atoms with Crippen LogP contribution in [0.2, 0.25) is 0 Å². The summed E-state index contributed by atoms with van der Waals surface area (Å²) in [6, 6.07) is 12.8. The van der Waals surface area contributed by atoms with Crippen LogP contribution in [-0.2, 0) is 4.79 Å². The van der Waals surface area contributed by atoms with Crippen molar-refractivity contribution in [1.82, 2.24) is 4.98 Å². The van der Waals surface area contributed by atoms with Gasteiger partial charge in [-0.05, 0) is 31.2 Å². The van der Waals surface area contributed by atoms with Crippen LogP contribution in [0.5, 0.6) is 0 Å². The zero-order chi connectivity index (χ0) is 16.7. The number of halogens is 1. The fraction of sp³-hybridized carbons (Fsp3) is 0.0667. The highest BCUT2D eigenvalue weighted by atomic mass is 19.1. The third-order valence-electron chi connectivity index (χ3n) is 2.74.